The Hall–Kier alpha value is -3.60. The van der Waals surface area contributed by atoms with Crippen LogP contribution in [-0.2, 0) is 4.79 Å². The molecule has 0 aliphatic carbocycles. The van der Waals surface area contributed by atoms with E-state index < -0.39 is 11.0 Å². The molecule has 0 bridgehead atoms. The van der Waals surface area contributed by atoms with Gasteiger partial charge in [0, 0.05) is 12.1 Å². The number of methoxy groups -OCH3 is 1. The lowest BCUT2D eigenvalue weighted by atomic mass is 10.1. The summed E-state index contributed by atoms with van der Waals surface area (Å²) in [7, 11) is 1.54. The van der Waals surface area contributed by atoms with Crippen molar-refractivity contribution in [3.63, 3.8) is 0 Å². The van der Waals surface area contributed by atoms with Gasteiger partial charge < -0.3 is 15.4 Å². The molecule has 0 heterocycles. The second-order valence-electron chi connectivity index (χ2n) is 5.66. The maximum Gasteiger partial charge on any atom is 0.270 e. The molecule has 0 aliphatic heterocycles. The summed E-state index contributed by atoms with van der Waals surface area (Å²) >= 11 is 0. The highest BCUT2D eigenvalue weighted by atomic mass is 16.6. The number of hydrogen-bond donors (Lipinski definition) is 2. The Morgan fingerprint density at radius 3 is 2.62 bits per heavy atom. The summed E-state index contributed by atoms with van der Waals surface area (Å²) in [4.78, 5) is 22.6. The summed E-state index contributed by atoms with van der Waals surface area (Å²) < 4.78 is 5.27. The number of nitro groups is 1. The Morgan fingerprint density at radius 2 is 2.00 bits per heavy atom. The van der Waals surface area contributed by atoms with Crippen LogP contribution in [0.4, 0.5) is 17.1 Å². The molecule has 8 nitrogen and oxygen atoms in total. The van der Waals surface area contributed by atoms with E-state index in [-0.39, 0.29) is 22.8 Å². The van der Waals surface area contributed by atoms with Crippen molar-refractivity contribution in [3.05, 3.63) is 57.6 Å². The van der Waals surface area contributed by atoms with E-state index in [1.54, 1.807) is 13.0 Å². The predicted molar refractivity (Wildman–Crippen MR) is 97.3 cm³/mol. The second kappa shape index (κ2) is 7.98. The summed E-state index contributed by atoms with van der Waals surface area (Å²) in [6, 6.07) is 10.5. The van der Waals surface area contributed by atoms with Gasteiger partial charge in [0.2, 0.25) is 5.91 Å². The Kier molecular flexibility index (Phi) is 5.75. The molecule has 0 aromatic heterocycles. The largest absolute Gasteiger partial charge is 0.495 e. The molecule has 2 aromatic rings. The minimum absolute atomic E-state index is 0.0212. The first-order chi connectivity index (χ1) is 12.3. The molecule has 0 spiro atoms. The number of aryl methyl sites for hydroxylation is 1. The van der Waals surface area contributed by atoms with Gasteiger partial charge in [0.05, 0.1) is 29.0 Å². The average molecular weight is 354 g/mol. The quantitative estimate of drug-likeness (QED) is 0.607. The molecule has 2 aromatic carbocycles. The molecule has 0 saturated carbocycles. The number of rotatable bonds is 6. The molecule has 0 radical (unpaired) electrons. The fourth-order valence-corrected chi connectivity index (χ4v) is 2.32. The lowest BCUT2D eigenvalue weighted by molar-refractivity contribution is -0.384. The number of ether oxygens (including phenoxy) is 1. The fraction of sp³-hybridized carbons (Fsp3) is 0.222. The van der Waals surface area contributed by atoms with Crippen LogP contribution in [0.25, 0.3) is 0 Å². The maximum absolute atomic E-state index is 12.4. The normalized spacial score (nSPS) is 11.2. The first-order valence-corrected chi connectivity index (χ1v) is 7.76. The molecule has 1 atom stereocenters. The summed E-state index contributed by atoms with van der Waals surface area (Å²) in [5.74, 6) is 0.210. The van der Waals surface area contributed by atoms with Gasteiger partial charge in [0.15, 0.2) is 0 Å². The summed E-state index contributed by atoms with van der Waals surface area (Å²) in [6.07, 6.45) is 0. The van der Waals surface area contributed by atoms with E-state index in [0.29, 0.717) is 11.4 Å². The number of nitriles is 1. The topological polar surface area (TPSA) is 117 Å². The summed E-state index contributed by atoms with van der Waals surface area (Å²) in [5.41, 5.74) is 1.69. The van der Waals surface area contributed by atoms with Crippen LogP contribution in [0, 0.1) is 28.4 Å². The van der Waals surface area contributed by atoms with Gasteiger partial charge >= 0.3 is 0 Å². The van der Waals surface area contributed by atoms with Gasteiger partial charge in [-0.05, 0) is 37.6 Å². The number of carbonyl (C=O) groups is 1. The van der Waals surface area contributed by atoms with Crippen LogP contribution in [0.15, 0.2) is 36.4 Å². The number of amides is 1. The third kappa shape index (κ3) is 4.27. The molecule has 8 heteroatoms. The standard InChI is InChI=1S/C18H18N4O4/c1-11-4-7-17(26-3)16(8-11)20-12(2)18(23)21-15-6-5-14(22(24)25)9-13(15)10-19/h4-9,12,20H,1-3H3,(H,21,23)/t12-/m1/s1. The molecule has 0 aliphatic rings. The Balaban J connectivity index is 2.16. The predicted octanol–water partition coefficient (Wildman–Crippen LogP) is 3.22. The van der Waals surface area contributed by atoms with Crippen LogP contribution >= 0.6 is 0 Å². The average Bonchev–Trinajstić information content (AvgIpc) is 2.61. The molecule has 134 valence electrons. The van der Waals surface area contributed by atoms with E-state index in [9.17, 15) is 14.9 Å². The van der Waals surface area contributed by atoms with Crippen molar-refractivity contribution >= 4 is 23.0 Å². The Morgan fingerprint density at radius 1 is 1.27 bits per heavy atom. The van der Waals surface area contributed by atoms with Crippen molar-refractivity contribution in [1.29, 1.82) is 5.26 Å². The molecule has 2 N–H and O–H groups in total. The second-order valence-corrected chi connectivity index (χ2v) is 5.66. The first kappa shape index (κ1) is 18.7. The molecule has 0 fully saturated rings. The van der Waals surface area contributed by atoms with Gasteiger partial charge in [-0.25, -0.2) is 0 Å². The zero-order valence-electron chi connectivity index (χ0n) is 14.6. The number of hydrogen-bond acceptors (Lipinski definition) is 6. The van der Waals surface area contributed by atoms with E-state index >= 15 is 0 Å². The number of nitro benzene ring substituents is 1. The van der Waals surface area contributed by atoms with Gasteiger partial charge in [-0.3, -0.25) is 14.9 Å². The smallest absolute Gasteiger partial charge is 0.270 e. The molecular weight excluding hydrogens is 336 g/mol. The van der Waals surface area contributed by atoms with E-state index in [4.69, 9.17) is 10.00 Å². The number of non-ortho nitro benzene ring substituents is 1. The highest BCUT2D eigenvalue weighted by Gasteiger charge is 2.18. The van der Waals surface area contributed by atoms with Crippen molar-refractivity contribution in [1.82, 2.24) is 0 Å². The van der Waals surface area contributed by atoms with Crippen LogP contribution in [-0.4, -0.2) is 24.0 Å². The lowest BCUT2D eigenvalue weighted by Gasteiger charge is -2.18. The monoisotopic (exact) mass is 354 g/mol. The van der Waals surface area contributed by atoms with Crippen molar-refractivity contribution in [3.8, 4) is 11.8 Å². The number of nitrogens with zero attached hydrogens (tertiary/aromatic N) is 2. The summed E-state index contributed by atoms with van der Waals surface area (Å²) in [5, 5.41) is 25.6. The first-order valence-electron chi connectivity index (χ1n) is 7.76. The highest BCUT2D eigenvalue weighted by Crippen LogP contribution is 2.26. The Labute approximate surface area is 150 Å². The van der Waals surface area contributed by atoms with E-state index in [1.165, 1.54) is 19.2 Å². The van der Waals surface area contributed by atoms with Crippen molar-refractivity contribution in [2.45, 2.75) is 19.9 Å². The SMILES string of the molecule is COc1ccc(C)cc1N[C@H](C)C(=O)Nc1ccc([N+](=O)[O-])cc1C#N. The maximum atomic E-state index is 12.4. The molecule has 0 unspecified atom stereocenters. The number of nitrogens with one attached hydrogen (secondary N) is 2. The molecule has 1 amide bonds. The van der Waals surface area contributed by atoms with Crippen molar-refractivity contribution in [2.24, 2.45) is 0 Å². The molecule has 0 saturated heterocycles. The van der Waals surface area contributed by atoms with E-state index in [1.807, 2.05) is 25.1 Å². The van der Waals surface area contributed by atoms with Gasteiger partial charge in [0.25, 0.3) is 5.69 Å². The number of benzene rings is 2. The third-order valence-corrected chi connectivity index (χ3v) is 3.71. The van der Waals surface area contributed by atoms with E-state index in [2.05, 4.69) is 10.6 Å². The van der Waals surface area contributed by atoms with Crippen LogP contribution in [0.3, 0.4) is 0 Å². The van der Waals surface area contributed by atoms with Gasteiger partial charge in [-0.1, -0.05) is 6.07 Å². The minimum Gasteiger partial charge on any atom is -0.495 e. The fourth-order valence-electron chi connectivity index (χ4n) is 2.32. The zero-order valence-corrected chi connectivity index (χ0v) is 14.6. The van der Waals surface area contributed by atoms with Crippen molar-refractivity contribution < 1.29 is 14.5 Å². The van der Waals surface area contributed by atoms with Crippen LogP contribution in [0.1, 0.15) is 18.1 Å². The van der Waals surface area contributed by atoms with Crippen LogP contribution in [0.5, 0.6) is 5.75 Å². The van der Waals surface area contributed by atoms with Gasteiger partial charge in [0.1, 0.15) is 17.9 Å². The number of carbonyl (C=O) groups excluding carboxylic acids is 1. The zero-order chi connectivity index (χ0) is 19.3. The Bertz CT molecular complexity index is 889. The molecule has 2 rings (SSSR count). The van der Waals surface area contributed by atoms with Gasteiger partial charge in [-0.15, -0.1) is 0 Å². The minimum atomic E-state index is -0.632. The summed E-state index contributed by atoms with van der Waals surface area (Å²) in [6.45, 7) is 3.58. The van der Waals surface area contributed by atoms with Crippen LogP contribution < -0.4 is 15.4 Å². The van der Waals surface area contributed by atoms with Gasteiger partial charge in [-0.2, -0.15) is 5.26 Å². The third-order valence-electron chi connectivity index (χ3n) is 3.71. The lowest BCUT2D eigenvalue weighted by Crippen LogP contribution is -2.32. The van der Waals surface area contributed by atoms with E-state index in [0.717, 1.165) is 11.6 Å². The molecule has 26 heavy (non-hydrogen) atoms. The highest BCUT2D eigenvalue weighted by molar-refractivity contribution is 5.97. The van der Waals surface area contributed by atoms with Crippen molar-refractivity contribution in [2.75, 3.05) is 17.7 Å². The number of anilines is 2. The van der Waals surface area contributed by atoms with Crippen LogP contribution in [0.2, 0.25) is 0 Å². The molecular formula is C18H18N4O4.